The van der Waals surface area contributed by atoms with Crippen LogP contribution in [0.15, 0.2) is 53.8 Å². The molecule has 0 bridgehead atoms. The fourth-order valence-corrected chi connectivity index (χ4v) is 2.52. The Balaban J connectivity index is 1.56. The van der Waals surface area contributed by atoms with Crippen LogP contribution in [0.5, 0.6) is 0 Å². The molecule has 2 aromatic rings. The molecule has 108 valence electrons. The number of aromatic nitrogens is 1. The summed E-state index contributed by atoms with van der Waals surface area (Å²) in [5.74, 6) is 1.04. The van der Waals surface area contributed by atoms with Gasteiger partial charge in [-0.3, -0.25) is 5.01 Å². The third kappa shape index (κ3) is 3.73. The van der Waals surface area contributed by atoms with Gasteiger partial charge in [0.05, 0.1) is 19.3 Å². The van der Waals surface area contributed by atoms with E-state index in [1.807, 2.05) is 54.9 Å². The van der Waals surface area contributed by atoms with E-state index in [2.05, 4.69) is 20.0 Å². The van der Waals surface area contributed by atoms with Crippen LogP contribution in [0.25, 0.3) is 0 Å². The van der Waals surface area contributed by atoms with Gasteiger partial charge in [-0.15, -0.1) is 0 Å². The fraction of sp³-hybridized carbons (Fsp3) is 0.250. The van der Waals surface area contributed by atoms with Crippen molar-refractivity contribution in [1.29, 1.82) is 0 Å². The van der Waals surface area contributed by atoms with E-state index in [0.29, 0.717) is 0 Å². The van der Waals surface area contributed by atoms with E-state index in [1.54, 1.807) is 0 Å². The Morgan fingerprint density at radius 1 is 1.05 bits per heavy atom. The van der Waals surface area contributed by atoms with Crippen LogP contribution >= 0.6 is 11.6 Å². The lowest BCUT2D eigenvalue weighted by Gasteiger charge is -2.33. The molecule has 0 aliphatic carbocycles. The first-order valence-electron chi connectivity index (χ1n) is 7.02. The van der Waals surface area contributed by atoms with Crippen LogP contribution in [-0.4, -0.2) is 42.4 Å². The Kier molecular flexibility index (Phi) is 4.36. The summed E-state index contributed by atoms with van der Waals surface area (Å²) in [6, 6.07) is 13.7. The molecule has 0 saturated carbocycles. The Bertz CT molecular complexity index is 607. The molecule has 0 unspecified atom stereocenters. The molecule has 0 N–H and O–H groups in total. The van der Waals surface area contributed by atoms with Crippen LogP contribution in [0.4, 0.5) is 5.82 Å². The van der Waals surface area contributed by atoms with Gasteiger partial charge in [-0.1, -0.05) is 29.8 Å². The summed E-state index contributed by atoms with van der Waals surface area (Å²) >= 11 is 5.96. The van der Waals surface area contributed by atoms with E-state index >= 15 is 0 Å². The molecule has 0 spiro atoms. The lowest BCUT2D eigenvalue weighted by atomic mass is 10.2. The number of nitrogens with zero attached hydrogens (tertiary/aromatic N) is 4. The summed E-state index contributed by atoms with van der Waals surface area (Å²) in [5, 5.41) is 7.34. The molecular weight excluding hydrogens is 284 g/mol. The van der Waals surface area contributed by atoms with E-state index in [-0.39, 0.29) is 0 Å². The van der Waals surface area contributed by atoms with Gasteiger partial charge in [-0.05, 0) is 29.8 Å². The van der Waals surface area contributed by atoms with Crippen LogP contribution in [0.2, 0.25) is 5.02 Å². The zero-order valence-corrected chi connectivity index (χ0v) is 12.4. The van der Waals surface area contributed by atoms with Crippen molar-refractivity contribution in [3.05, 3.63) is 59.2 Å². The number of hydrogen-bond donors (Lipinski definition) is 0. The number of anilines is 1. The van der Waals surface area contributed by atoms with E-state index in [4.69, 9.17) is 11.6 Å². The predicted molar refractivity (Wildman–Crippen MR) is 87.1 cm³/mol. The molecule has 1 aliphatic heterocycles. The SMILES string of the molecule is Clc1cccc(/C=N\N2CCN(c3ccccn3)CC2)c1. The zero-order valence-electron chi connectivity index (χ0n) is 11.7. The van der Waals surface area contributed by atoms with Crippen molar-refractivity contribution >= 4 is 23.6 Å². The van der Waals surface area contributed by atoms with Crippen molar-refractivity contribution in [3.8, 4) is 0 Å². The van der Waals surface area contributed by atoms with Crippen molar-refractivity contribution in [2.45, 2.75) is 0 Å². The summed E-state index contributed by atoms with van der Waals surface area (Å²) < 4.78 is 0. The lowest BCUT2D eigenvalue weighted by molar-refractivity contribution is 0.271. The van der Waals surface area contributed by atoms with Crippen LogP contribution in [0.3, 0.4) is 0 Å². The van der Waals surface area contributed by atoms with E-state index < -0.39 is 0 Å². The normalized spacial score (nSPS) is 15.7. The summed E-state index contributed by atoms with van der Waals surface area (Å²) in [6.45, 7) is 3.66. The van der Waals surface area contributed by atoms with E-state index in [9.17, 15) is 0 Å². The summed E-state index contributed by atoms with van der Waals surface area (Å²) in [4.78, 5) is 6.67. The maximum absolute atomic E-state index is 5.96. The smallest absolute Gasteiger partial charge is 0.128 e. The number of hydrogen-bond acceptors (Lipinski definition) is 4. The number of halogens is 1. The number of piperazine rings is 1. The standard InChI is InChI=1S/C16H17ClN4/c17-15-5-3-4-14(12-15)13-19-21-10-8-20(9-11-21)16-6-1-2-7-18-16/h1-7,12-13H,8-11H2/b19-13-. The Hall–Kier alpha value is -2.07. The molecule has 1 aromatic heterocycles. The molecule has 0 radical (unpaired) electrons. The maximum atomic E-state index is 5.96. The third-order valence-electron chi connectivity index (χ3n) is 3.45. The predicted octanol–water partition coefficient (Wildman–Crippen LogP) is 2.89. The van der Waals surface area contributed by atoms with Crippen LogP contribution in [0, 0.1) is 0 Å². The minimum absolute atomic E-state index is 0.735. The Morgan fingerprint density at radius 2 is 1.90 bits per heavy atom. The monoisotopic (exact) mass is 300 g/mol. The third-order valence-corrected chi connectivity index (χ3v) is 3.68. The van der Waals surface area contributed by atoms with Gasteiger partial charge >= 0.3 is 0 Å². The highest BCUT2D eigenvalue weighted by Crippen LogP contribution is 2.13. The zero-order chi connectivity index (χ0) is 14.5. The maximum Gasteiger partial charge on any atom is 0.128 e. The van der Waals surface area contributed by atoms with Crippen molar-refractivity contribution in [2.24, 2.45) is 5.10 Å². The summed E-state index contributed by atoms with van der Waals surface area (Å²) in [6.07, 6.45) is 3.70. The van der Waals surface area contributed by atoms with Crippen molar-refractivity contribution < 1.29 is 0 Å². The van der Waals surface area contributed by atoms with E-state index in [1.165, 1.54) is 0 Å². The van der Waals surface area contributed by atoms with Crippen LogP contribution in [-0.2, 0) is 0 Å². The van der Waals surface area contributed by atoms with Gasteiger partial charge in [-0.25, -0.2) is 4.98 Å². The summed E-state index contributed by atoms with van der Waals surface area (Å²) in [5.41, 5.74) is 1.02. The minimum Gasteiger partial charge on any atom is -0.353 e. The molecule has 2 heterocycles. The first-order chi connectivity index (χ1) is 10.3. The first kappa shape index (κ1) is 13.9. The number of benzene rings is 1. The molecule has 1 aliphatic rings. The summed E-state index contributed by atoms with van der Waals surface area (Å²) in [7, 11) is 0. The number of rotatable bonds is 3. The highest BCUT2D eigenvalue weighted by molar-refractivity contribution is 6.30. The second-order valence-electron chi connectivity index (χ2n) is 4.93. The molecule has 5 heteroatoms. The minimum atomic E-state index is 0.735. The molecule has 1 aromatic carbocycles. The largest absolute Gasteiger partial charge is 0.353 e. The molecule has 0 amide bonds. The fourth-order valence-electron chi connectivity index (χ4n) is 2.32. The number of hydrazone groups is 1. The van der Waals surface area contributed by atoms with Crippen molar-refractivity contribution in [2.75, 3.05) is 31.1 Å². The van der Waals surface area contributed by atoms with Crippen LogP contribution < -0.4 is 4.90 Å². The topological polar surface area (TPSA) is 31.7 Å². The van der Waals surface area contributed by atoms with Gasteiger partial charge in [0.25, 0.3) is 0 Å². The van der Waals surface area contributed by atoms with E-state index in [0.717, 1.165) is 42.6 Å². The van der Waals surface area contributed by atoms with Crippen LogP contribution in [0.1, 0.15) is 5.56 Å². The molecule has 4 nitrogen and oxygen atoms in total. The first-order valence-corrected chi connectivity index (χ1v) is 7.39. The average Bonchev–Trinajstić information content (AvgIpc) is 2.54. The second-order valence-corrected chi connectivity index (χ2v) is 5.36. The van der Waals surface area contributed by atoms with Gasteiger partial charge in [0, 0.05) is 24.3 Å². The molecule has 0 atom stereocenters. The van der Waals surface area contributed by atoms with Gasteiger partial charge in [0.2, 0.25) is 0 Å². The Morgan fingerprint density at radius 3 is 2.62 bits per heavy atom. The van der Waals surface area contributed by atoms with Gasteiger partial charge in [0.15, 0.2) is 0 Å². The quantitative estimate of drug-likeness (QED) is 0.817. The highest BCUT2D eigenvalue weighted by atomic mass is 35.5. The molecule has 3 rings (SSSR count). The second kappa shape index (κ2) is 6.59. The van der Waals surface area contributed by atoms with Crippen molar-refractivity contribution in [3.63, 3.8) is 0 Å². The lowest BCUT2D eigenvalue weighted by Crippen LogP contribution is -2.44. The molecule has 21 heavy (non-hydrogen) atoms. The highest BCUT2D eigenvalue weighted by Gasteiger charge is 2.15. The molecule has 1 fully saturated rings. The Labute approximate surface area is 129 Å². The van der Waals surface area contributed by atoms with Gasteiger partial charge < -0.3 is 4.90 Å². The van der Waals surface area contributed by atoms with Crippen molar-refractivity contribution in [1.82, 2.24) is 9.99 Å². The average molecular weight is 301 g/mol. The molecular formula is C16H17ClN4. The van der Waals surface area contributed by atoms with Gasteiger partial charge in [-0.2, -0.15) is 5.10 Å². The molecule has 1 saturated heterocycles. The van der Waals surface area contributed by atoms with Gasteiger partial charge in [0.1, 0.15) is 5.82 Å². The number of pyridine rings is 1.